The summed E-state index contributed by atoms with van der Waals surface area (Å²) in [5.74, 6) is -0.679. The number of rotatable bonds is 9. The van der Waals surface area contributed by atoms with Crippen LogP contribution in [0.2, 0.25) is 0 Å². The maximum atomic E-state index is 12.6. The summed E-state index contributed by atoms with van der Waals surface area (Å²) in [6, 6.07) is 13.9. The van der Waals surface area contributed by atoms with Gasteiger partial charge in [0.05, 0.1) is 0 Å². The number of hydrogen-bond acceptors (Lipinski definition) is 8. The fourth-order valence-corrected chi connectivity index (χ4v) is 4.24. The van der Waals surface area contributed by atoms with Gasteiger partial charge < -0.3 is 35.7 Å². The van der Waals surface area contributed by atoms with E-state index in [2.05, 4.69) is 22.3 Å². The Labute approximate surface area is 210 Å². The minimum absolute atomic E-state index is 0.128. The van der Waals surface area contributed by atoms with Crippen molar-refractivity contribution in [3.05, 3.63) is 59.2 Å². The molecule has 9 nitrogen and oxygen atoms in total. The number of aliphatic hydroxyl groups excluding tert-OH is 4. The zero-order valence-electron chi connectivity index (χ0n) is 20.2. The molecule has 9 heteroatoms. The second-order valence-electron chi connectivity index (χ2n) is 8.89. The zero-order valence-corrected chi connectivity index (χ0v) is 20.2. The highest BCUT2D eigenvalue weighted by molar-refractivity contribution is 6.02. The number of benzene rings is 2. The molecule has 2 aromatic rings. The summed E-state index contributed by atoms with van der Waals surface area (Å²) in [4.78, 5) is 15.0. The van der Waals surface area contributed by atoms with Crippen LogP contribution >= 0.6 is 0 Å². The van der Waals surface area contributed by atoms with Crippen LogP contribution in [-0.4, -0.2) is 75.7 Å². The van der Waals surface area contributed by atoms with Crippen molar-refractivity contribution in [2.45, 2.75) is 50.8 Å². The predicted molar refractivity (Wildman–Crippen MR) is 137 cm³/mol. The first-order valence-corrected chi connectivity index (χ1v) is 12.0. The van der Waals surface area contributed by atoms with Gasteiger partial charge in [-0.25, -0.2) is 0 Å². The molecule has 1 amide bonds. The maximum Gasteiger partial charge on any atom is 0.262 e. The van der Waals surface area contributed by atoms with E-state index in [0.29, 0.717) is 5.56 Å². The number of nitriles is 1. The number of amides is 1. The Hall–Kier alpha value is -3.26. The second kappa shape index (κ2) is 12.6. The van der Waals surface area contributed by atoms with E-state index in [-0.39, 0.29) is 17.7 Å². The lowest BCUT2D eigenvalue weighted by Crippen LogP contribution is -2.46. The van der Waals surface area contributed by atoms with Crippen LogP contribution in [0.25, 0.3) is 16.8 Å². The van der Waals surface area contributed by atoms with Crippen LogP contribution in [0.4, 0.5) is 5.69 Å². The first-order chi connectivity index (χ1) is 17.2. The molecule has 6 N–H and O–H groups in total. The van der Waals surface area contributed by atoms with E-state index < -0.39 is 30.5 Å². The molecule has 1 heterocycles. The van der Waals surface area contributed by atoms with Crippen LogP contribution in [0.3, 0.4) is 0 Å². The van der Waals surface area contributed by atoms with Gasteiger partial charge in [0.1, 0.15) is 30.0 Å². The smallest absolute Gasteiger partial charge is 0.262 e. The van der Waals surface area contributed by atoms with Crippen LogP contribution in [0.1, 0.15) is 31.7 Å². The van der Waals surface area contributed by atoms with Gasteiger partial charge in [-0.1, -0.05) is 24.3 Å². The number of carbonyl (C=O) groups is 1. The lowest BCUT2D eigenvalue weighted by Gasteiger charge is -2.29. The number of aliphatic hydroxyl groups is 5. The minimum Gasteiger partial charge on any atom is -0.387 e. The van der Waals surface area contributed by atoms with E-state index in [1.807, 2.05) is 30.3 Å². The summed E-state index contributed by atoms with van der Waals surface area (Å²) in [5.41, 5.74) is 1.86. The molecular formula is C27H33N3O6. The largest absolute Gasteiger partial charge is 0.387 e. The number of nitrogens with zero attached hydrogens (tertiary/aromatic N) is 2. The molecule has 0 spiro atoms. The fourth-order valence-electron chi connectivity index (χ4n) is 4.24. The minimum atomic E-state index is -2.24. The zero-order chi connectivity index (χ0) is 26.2. The number of allylic oxidation sites excluding steroid dienone is 1. The van der Waals surface area contributed by atoms with Crippen molar-refractivity contribution in [2.75, 3.05) is 24.5 Å². The number of carbonyl (C=O) groups excluding carboxylic acids is 1. The van der Waals surface area contributed by atoms with Crippen molar-refractivity contribution in [3.63, 3.8) is 0 Å². The molecular weight excluding hydrogens is 462 g/mol. The first kappa shape index (κ1) is 27.3. The van der Waals surface area contributed by atoms with E-state index in [1.165, 1.54) is 37.1 Å². The van der Waals surface area contributed by atoms with Gasteiger partial charge in [0.2, 0.25) is 0 Å². The Kier molecular flexibility index (Phi) is 9.58. The quantitative estimate of drug-likeness (QED) is 0.131. The number of piperidine rings is 1. The molecule has 0 aliphatic carbocycles. The molecule has 1 saturated heterocycles. The summed E-state index contributed by atoms with van der Waals surface area (Å²) in [5, 5.41) is 61.8. The highest BCUT2D eigenvalue weighted by Crippen LogP contribution is 2.26. The van der Waals surface area contributed by atoms with E-state index >= 15 is 0 Å². The summed E-state index contributed by atoms with van der Waals surface area (Å²) >= 11 is 0. The first-order valence-electron chi connectivity index (χ1n) is 12.0. The van der Waals surface area contributed by atoms with Crippen LogP contribution < -0.4 is 10.2 Å². The van der Waals surface area contributed by atoms with Gasteiger partial charge in [0.15, 0.2) is 6.29 Å². The standard InChI is InChI=1S/C27H33N3O6/c1-2-18(23(31)24(32)25(33)27(35)36)16-29-26(34)21(15-28)13-17-6-7-20-14-22(9-8-19(20)12-17)30-10-4-3-5-11-30/h2,6-9,12-14,23-25,27,31-33,35-36H,3-5,10-11,16H2,1H3,(H,29,34)/b18-2-,21-13+/t23-,24+,25-/m1/s1. The van der Waals surface area contributed by atoms with Crippen LogP contribution in [-0.2, 0) is 4.79 Å². The van der Waals surface area contributed by atoms with Crippen LogP contribution in [0.5, 0.6) is 0 Å². The van der Waals surface area contributed by atoms with Crippen molar-refractivity contribution in [2.24, 2.45) is 0 Å². The van der Waals surface area contributed by atoms with Crippen molar-refractivity contribution < 1.29 is 30.3 Å². The Morgan fingerprint density at radius 1 is 1.03 bits per heavy atom. The molecule has 0 aromatic heterocycles. The molecule has 0 unspecified atom stereocenters. The number of nitrogens with one attached hydrogen (secondary N) is 1. The van der Waals surface area contributed by atoms with Gasteiger partial charge in [-0.3, -0.25) is 4.79 Å². The third-order valence-corrected chi connectivity index (χ3v) is 6.43. The predicted octanol–water partition coefficient (Wildman–Crippen LogP) is 1.19. The molecule has 1 aliphatic rings. The second-order valence-corrected chi connectivity index (χ2v) is 8.89. The van der Waals surface area contributed by atoms with Crippen molar-refractivity contribution in [1.29, 1.82) is 5.26 Å². The third kappa shape index (κ3) is 6.69. The molecule has 0 bridgehead atoms. The molecule has 0 saturated carbocycles. The van der Waals surface area contributed by atoms with E-state index in [9.17, 15) is 25.4 Å². The Balaban J connectivity index is 1.69. The molecule has 3 atom stereocenters. The Morgan fingerprint density at radius 3 is 2.33 bits per heavy atom. The summed E-state index contributed by atoms with van der Waals surface area (Å²) in [7, 11) is 0. The van der Waals surface area contributed by atoms with E-state index in [4.69, 9.17) is 10.2 Å². The SMILES string of the molecule is C/C=C(/CNC(=O)/C(C#N)=C/c1ccc2cc(N3CCCCC3)ccc2c1)[C@@H](O)[C@H](O)[C@@H](O)C(O)O. The highest BCUT2D eigenvalue weighted by Gasteiger charge is 2.31. The van der Waals surface area contributed by atoms with Gasteiger partial charge in [0.25, 0.3) is 5.91 Å². The Morgan fingerprint density at radius 2 is 1.69 bits per heavy atom. The maximum absolute atomic E-state index is 12.6. The average molecular weight is 496 g/mol. The average Bonchev–Trinajstić information content (AvgIpc) is 2.90. The van der Waals surface area contributed by atoms with Gasteiger partial charge in [-0.15, -0.1) is 0 Å². The molecule has 3 rings (SSSR count). The van der Waals surface area contributed by atoms with Gasteiger partial charge in [-0.05, 0) is 72.4 Å². The molecule has 1 fully saturated rings. The lowest BCUT2D eigenvalue weighted by molar-refractivity contribution is -0.172. The lowest BCUT2D eigenvalue weighted by atomic mass is 9.99. The van der Waals surface area contributed by atoms with E-state index in [0.717, 1.165) is 23.9 Å². The highest BCUT2D eigenvalue weighted by atomic mass is 16.5. The number of anilines is 1. The molecule has 2 aromatic carbocycles. The Bertz CT molecular complexity index is 1160. The monoisotopic (exact) mass is 495 g/mol. The third-order valence-electron chi connectivity index (χ3n) is 6.43. The normalized spacial score (nSPS) is 17.6. The fraction of sp³-hybridized carbons (Fsp3) is 0.407. The molecule has 0 radical (unpaired) electrons. The van der Waals surface area contributed by atoms with Crippen molar-refractivity contribution in [1.82, 2.24) is 5.32 Å². The van der Waals surface area contributed by atoms with Crippen molar-refractivity contribution >= 4 is 28.4 Å². The number of fused-ring (bicyclic) bond motifs is 1. The molecule has 192 valence electrons. The molecule has 36 heavy (non-hydrogen) atoms. The summed E-state index contributed by atoms with van der Waals surface area (Å²) < 4.78 is 0. The van der Waals surface area contributed by atoms with Gasteiger partial charge in [-0.2, -0.15) is 5.26 Å². The van der Waals surface area contributed by atoms with Crippen LogP contribution in [0.15, 0.2) is 53.6 Å². The van der Waals surface area contributed by atoms with E-state index in [1.54, 1.807) is 6.92 Å². The van der Waals surface area contributed by atoms with Crippen molar-refractivity contribution in [3.8, 4) is 6.07 Å². The molecule has 1 aliphatic heterocycles. The number of hydrogen-bond donors (Lipinski definition) is 6. The van der Waals surface area contributed by atoms with Gasteiger partial charge in [0, 0.05) is 25.3 Å². The topological polar surface area (TPSA) is 157 Å². The van der Waals surface area contributed by atoms with Crippen LogP contribution in [0, 0.1) is 11.3 Å². The summed E-state index contributed by atoms with van der Waals surface area (Å²) in [6.45, 7) is 3.44. The summed E-state index contributed by atoms with van der Waals surface area (Å²) in [6.07, 6.45) is -1.22. The van der Waals surface area contributed by atoms with Gasteiger partial charge >= 0.3 is 0 Å².